The van der Waals surface area contributed by atoms with Gasteiger partial charge in [-0.15, -0.1) is 0 Å². The highest BCUT2D eigenvalue weighted by atomic mass is 35.5. The summed E-state index contributed by atoms with van der Waals surface area (Å²) in [5.41, 5.74) is 0. The molecule has 0 bridgehead atoms. The topological polar surface area (TPSA) is 24.4 Å². The van der Waals surface area contributed by atoms with Crippen LogP contribution >= 0.6 is 23.6 Å². The third-order valence-electron chi connectivity index (χ3n) is 1.48. The summed E-state index contributed by atoms with van der Waals surface area (Å²) in [7, 11) is 0. The van der Waals surface area contributed by atoms with Crippen LogP contribution in [0.5, 0.6) is 0 Å². The van der Waals surface area contributed by atoms with Gasteiger partial charge in [-0.25, -0.2) is 0 Å². The molecule has 66 valence electrons. The lowest BCUT2D eigenvalue weighted by Gasteiger charge is -2.00. The Balaban J connectivity index is 3.22. The van der Waals surface area contributed by atoms with Crippen LogP contribution in [0, 0.1) is 0 Å². The summed E-state index contributed by atoms with van der Waals surface area (Å²) < 4.78 is 3.45. The molecule has 0 aliphatic rings. The van der Waals surface area contributed by atoms with Gasteiger partial charge in [0.15, 0.2) is 0 Å². The lowest BCUT2D eigenvalue weighted by atomic mass is 10.1. The van der Waals surface area contributed by atoms with Crippen molar-refractivity contribution < 1.29 is 0 Å². The van der Waals surface area contributed by atoms with Crippen molar-refractivity contribution in [3.05, 3.63) is 0 Å². The predicted octanol–water partition coefficient (Wildman–Crippen LogP) is 3.25. The summed E-state index contributed by atoms with van der Waals surface area (Å²) in [4.78, 5) is 2.42. The van der Waals surface area contributed by atoms with Crippen molar-refractivity contribution in [3.63, 3.8) is 0 Å². The molecule has 11 heavy (non-hydrogen) atoms. The molecule has 0 atom stereocenters. The van der Waals surface area contributed by atoms with Gasteiger partial charge in [0, 0.05) is 30.0 Å². The zero-order valence-electron chi connectivity index (χ0n) is 6.74. The van der Waals surface area contributed by atoms with Crippen LogP contribution in [0.4, 0.5) is 0 Å². The van der Waals surface area contributed by atoms with Crippen LogP contribution in [0.3, 0.4) is 0 Å². The van der Waals surface area contributed by atoms with E-state index in [1.807, 2.05) is 0 Å². The van der Waals surface area contributed by atoms with Gasteiger partial charge < -0.3 is 0 Å². The van der Waals surface area contributed by atoms with E-state index in [1.165, 1.54) is 19.3 Å². The fourth-order valence-electron chi connectivity index (χ4n) is 0.825. The van der Waals surface area contributed by atoms with Crippen molar-refractivity contribution in [2.75, 3.05) is 0 Å². The summed E-state index contributed by atoms with van der Waals surface area (Å²) in [6.45, 7) is 2.18. The van der Waals surface area contributed by atoms with E-state index in [0.717, 1.165) is 12.8 Å². The molecular formula is C7H14Cl2N2. The van der Waals surface area contributed by atoms with Crippen LogP contribution in [0.2, 0.25) is 0 Å². The number of nitrogens with one attached hydrogen (secondary N) is 1. The molecule has 0 aliphatic carbocycles. The van der Waals surface area contributed by atoms with Crippen LogP contribution in [-0.2, 0) is 0 Å². The molecule has 0 aliphatic heterocycles. The number of hydrogen-bond donors (Lipinski definition) is 1. The van der Waals surface area contributed by atoms with Gasteiger partial charge in [0.1, 0.15) is 5.84 Å². The molecule has 1 N–H and O–H groups in total. The first-order chi connectivity index (χ1) is 5.35. The van der Waals surface area contributed by atoms with Crippen LogP contribution in [-0.4, -0.2) is 5.84 Å². The van der Waals surface area contributed by atoms with E-state index in [4.69, 9.17) is 23.6 Å². The minimum absolute atomic E-state index is 0.657. The molecule has 0 saturated carbocycles. The molecule has 0 radical (unpaired) electrons. The van der Waals surface area contributed by atoms with E-state index in [1.54, 1.807) is 0 Å². The fraction of sp³-hybridized carbons (Fsp3) is 0.857. The van der Waals surface area contributed by atoms with Gasteiger partial charge in [-0.1, -0.05) is 26.2 Å². The quantitative estimate of drug-likeness (QED) is 0.311. The molecule has 0 rings (SSSR count). The molecule has 0 aromatic heterocycles. The first-order valence-corrected chi connectivity index (χ1v) is 4.61. The molecular weight excluding hydrogens is 183 g/mol. The van der Waals surface area contributed by atoms with Gasteiger partial charge in [-0.05, 0) is 6.42 Å². The van der Waals surface area contributed by atoms with Crippen molar-refractivity contribution in [2.45, 2.75) is 39.0 Å². The number of nitrogens with zero attached hydrogens (tertiary/aromatic N) is 1. The zero-order chi connectivity index (χ0) is 8.53. The van der Waals surface area contributed by atoms with E-state index in [0.29, 0.717) is 5.84 Å². The molecule has 0 amide bonds. The Morgan fingerprint density at radius 2 is 2.09 bits per heavy atom. The standard InChI is InChI=1S/C7H14Cl2N2/c1-2-3-4-5-6-7(10-8)11-9/h2-6H2,1H3,(H,10,11). The normalized spacial score (nSPS) is 11.7. The molecule has 0 spiro atoms. The Kier molecular flexibility index (Phi) is 8.19. The molecule has 4 heteroatoms. The van der Waals surface area contributed by atoms with Gasteiger partial charge in [0.2, 0.25) is 0 Å². The monoisotopic (exact) mass is 196 g/mol. The molecule has 0 saturated heterocycles. The second kappa shape index (κ2) is 8.15. The Morgan fingerprint density at radius 3 is 2.55 bits per heavy atom. The lowest BCUT2D eigenvalue weighted by molar-refractivity contribution is 0.681. The zero-order valence-corrected chi connectivity index (χ0v) is 8.25. The van der Waals surface area contributed by atoms with Gasteiger partial charge in [0.05, 0.1) is 0 Å². The van der Waals surface area contributed by atoms with E-state index in [9.17, 15) is 0 Å². The summed E-state index contributed by atoms with van der Waals surface area (Å²) in [5, 5.41) is 0. The second-order valence-electron chi connectivity index (χ2n) is 2.44. The Morgan fingerprint density at radius 1 is 1.36 bits per heavy atom. The van der Waals surface area contributed by atoms with E-state index < -0.39 is 0 Å². The van der Waals surface area contributed by atoms with E-state index in [2.05, 4.69) is 16.3 Å². The van der Waals surface area contributed by atoms with Gasteiger partial charge in [-0.2, -0.15) is 4.51 Å². The Labute approximate surface area is 78.2 Å². The Hall–Kier alpha value is 0.0500. The number of hydrogen-bond acceptors (Lipinski definition) is 1. The summed E-state index contributed by atoms with van der Waals surface area (Å²) in [6, 6.07) is 0. The molecule has 0 aromatic rings. The number of unbranched alkanes of at least 4 members (excludes halogenated alkanes) is 3. The summed E-state index contributed by atoms with van der Waals surface area (Å²) in [6.07, 6.45) is 5.65. The van der Waals surface area contributed by atoms with Gasteiger partial charge >= 0.3 is 0 Å². The maximum Gasteiger partial charge on any atom is 0.131 e. The minimum atomic E-state index is 0.657. The molecule has 0 aromatic carbocycles. The SMILES string of the molecule is CCCCCCC(=NCl)NCl. The summed E-state index contributed by atoms with van der Waals surface area (Å²) in [5.74, 6) is 0.657. The molecule has 0 fully saturated rings. The minimum Gasteiger partial charge on any atom is -0.285 e. The predicted molar refractivity (Wildman–Crippen MR) is 51.0 cm³/mol. The van der Waals surface area contributed by atoms with Crippen molar-refractivity contribution >= 4 is 29.4 Å². The first-order valence-electron chi connectivity index (χ1n) is 3.89. The van der Waals surface area contributed by atoms with E-state index >= 15 is 0 Å². The van der Waals surface area contributed by atoms with Crippen molar-refractivity contribution in [1.29, 1.82) is 0 Å². The van der Waals surface area contributed by atoms with Crippen molar-refractivity contribution in [1.82, 2.24) is 4.84 Å². The number of rotatable bonds is 5. The van der Waals surface area contributed by atoms with Crippen LogP contribution in [0.1, 0.15) is 39.0 Å². The highest BCUT2D eigenvalue weighted by Gasteiger charge is 1.95. The fourth-order valence-corrected chi connectivity index (χ4v) is 1.13. The molecule has 0 unspecified atom stereocenters. The van der Waals surface area contributed by atoms with Crippen molar-refractivity contribution in [3.8, 4) is 0 Å². The maximum atomic E-state index is 5.32. The van der Waals surface area contributed by atoms with Gasteiger partial charge in [0.25, 0.3) is 0 Å². The molecule has 2 nitrogen and oxygen atoms in total. The number of amidine groups is 1. The van der Waals surface area contributed by atoms with Crippen molar-refractivity contribution in [2.24, 2.45) is 4.51 Å². The van der Waals surface area contributed by atoms with Crippen LogP contribution in [0.25, 0.3) is 0 Å². The summed E-state index contributed by atoms with van der Waals surface area (Å²) >= 11 is 10.5. The highest BCUT2D eigenvalue weighted by molar-refractivity contribution is 6.27. The number of halogens is 2. The maximum absolute atomic E-state index is 5.32. The smallest absolute Gasteiger partial charge is 0.131 e. The average molecular weight is 197 g/mol. The van der Waals surface area contributed by atoms with Crippen LogP contribution in [0.15, 0.2) is 4.51 Å². The lowest BCUT2D eigenvalue weighted by Crippen LogP contribution is -2.11. The van der Waals surface area contributed by atoms with Crippen LogP contribution < -0.4 is 4.84 Å². The molecule has 0 heterocycles. The van der Waals surface area contributed by atoms with Gasteiger partial charge in [-0.3, -0.25) is 4.84 Å². The van der Waals surface area contributed by atoms with E-state index in [-0.39, 0.29) is 0 Å². The largest absolute Gasteiger partial charge is 0.285 e. The Bertz CT molecular complexity index is 115. The average Bonchev–Trinajstić information content (AvgIpc) is 2.05. The third kappa shape index (κ3) is 6.45. The highest BCUT2D eigenvalue weighted by Crippen LogP contribution is 2.03. The second-order valence-corrected chi connectivity index (χ2v) is 2.79. The first kappa shape index (κ1) is 11.1. The third-order valence-corrected chi connectivity index (χ3v) is 1.90.